The third kappa shape index (κ3) is 3.66. The second-order valence-corrected chi connectivity index (χ2v) is 4.86. The Morgan fingerprint density at radius 1 is 1.25 bits per heavy atom. The van der Waals surface area contributed by atoms with E-state index in [0.717, 1.165) is 4.68 Å². The molecule has 0 bridgehead atoms. The highest BCUT2D eigenvalue weighted by molar-refractivity contribution is 5.96. The fourth-order valence-corrected chi connectivity index (χ4v) is 2.00. The van der Waals surface area contributed by atoms with E-state index in [-0.39, 0.29) is 10.8 Å². The Balaban J connectivity index is 2.18. The molecule has 24 heavy (non-hydrogen) atoms. The highest BCUT2D eigenvalue weighted by Crippen LogP contribution is 2.02. The molecule has 0 saturated carbocycles. The summed E-state index contributed by atoms with van der Waals surface area (Å²) < 4.78 is 5.57. The molecule has 2 rings (SSSR count). The van der Waals surface area contributed by atoms with Crippen molar-refractivity contribution in [1.29, 1.82) is 0 Å². The van der Waals surface area contributed by atoms with Gasteiger partial charge in [-0.05, 0) is 19.1 Å². The number of esters is 1. The molecule has 0 radical (unpaired) electrons. The van der Waals surface area contributed by atoms with Crippen LogP contribution in [0.5, 0.6) is 0 Å². The molecule has 1 atom stereocenters. The first-order chi connectivity index (χ1) is 11.3. The third-order valence-electron chi connectivity index (χ3n) is 3.09. The fourth-order valence-electron chi connectivity index (χ4n) is 2.00. The molecule has 0 spiro atoms. The number of amides is 3. The Hall–Kier alpha value is -3.43. The molecule has 2 aromatic rings. The van der Waals surface area contributed by atoms with E-state index >= 15 is 0 Å². The Labute approximate surface area is 134 Å². The van der Waals surface area contributed by atoms with Gasteiger partial charge < -0.3 is 10.5 Å². The van der Waals surface area contributed by atoms with E-state index in [1.807, 2.05) is 0 Å². The van der Waals surface area contributed by atoms with Gasteiger partial charge in [0.2, 0.25) is 0 Å². The Morgan fingerprint density at radius 2 is 1.88 bits per heavy atom. The molecule has 1 aromatic heterocycles. The zero-order valence-corrected chi connectivity index (χ0v) is 12.6. The van der Waals surface area contributed by atoms with Crippen LogP contribution in [0.4, 0.5) is 4.79 Å². The number of imide groups is 1. The van der Waals surface area contributed by atoms with Gasteiger partial charge in [0.25, 0.3) is 17.0 Å². The Morgan fingerprint density at radius 3 is 2.50 bits per heavy atom. The van der Waals surface area contributed by atoms with Crippen LogP contribution in [0.1, 0.15) is 6.92 Å². The number of nitrogens with one attached hydrogen (secondary N) is 2. The van der Waals surface area contributed by atoms with Gasteiger partial charge in [-0.25, -0.2) is 9.48 Å². The Bertz CT molecular complexity index is 929. The van der Waals surface area contributed by atoms with E-state index in [2.05, 4.69) is 5.10 Å². The van der Waals surface area contributed by atoms with Gasteiger partial charge in [0.05, 0.1) is 10.8 Å². The molecule has 0 aliphatic rings. The standard InChI is InChI=1S/C14H14N4O6/c1-7(11(20)16-14(15)23)24-10(19)6-18-13(22)9-5-3-2-4-8(9)12(21)17-18/h2-5,7H,6H2,1H3,(H,17,21)(H3,15,16,20,23)/t7-/m0/s1. The van der Waals surface area contributed by atoms with Gasteiger partial charge in [0, 0.05) is 0 Å². The molecule has 1 heterocycles. The second-order valence-electron chi connectivity index (χ2n) is 4.86. The van der Waals surface area contributed by atoms with E-state index in [0.29, 0.717) is 0 Å². The molecule has 10 heteroatoms. The highest BCUT2D eigenvalue weighted by Gasteiger charge is 2.20. The van der Waals surface area contributed by atoms with Crippen LogP contribution < -0.4 is 22.2 Å². The van der Waals surface area contributed by atoms with Gasteiger partial charge in [0.1, 0.15) is 6.54 Å². The maximum atomic E-state index is 12.2. The number of aromatic amines is 1. The zero-order chi connectivity index (χ0) is 17.9. The van der Waals surface area contributed by atoms with Crippen LogP contribution in [0.25, 0.3) is 10.8 Å². The molecule has 0 fully saturated rings. The van der Waals surface area contributed by atoms with Crippen molar-refractivity contribution in [3.63, 3.8) is 0 Å². The number of H-pyrrole nitrogens is 1. The number of hydrogen-bond acceptors (Lipinski definition) is 6. The highest BCUT2D eigenvalue weighted by atomic mass is 16.5. The summed E-state index contributed by atoms with van der Waals surface area (Å²) in [4.78, 5) is 57.9. The first-order valence-corrected chi connectivity index (χ1v) is 6.81. The number of nitrogens with zero attached hydrogens (tertiary/aromatic N) is 1. The minimum Gasteiger partial charge on any atom is -0.451 e. The smallest absolute Gasteiger partial charge is 0.328 e. The summed E-state index contributed by atoms with van der Waals surface area (Å²) in [5.74, 6) is -1.86. The van der Waals surface area contributed by atoms with E-state index in [9.17, 15) is 24.0 Å². The molecule has 0 saturated heterocycles. The molecule has 4 N–H and O–H groups in total. The van der Waals surface area contributed by atoms with Gasteiger partial charge in [-0.1, -0.05) is 12.1 Å². The zero-order valence-electron chi connectivity index (χ0n) is 12.6. The molecule has 1 aromatic carbocycles. The predicted molar refractivity (Wildman–Crippen MR) is 82.1 cm³/mol. The topological polar surface area (TPSA) is 153 Å². The number of aromatic nitrogens is 2. The molecule has 0 aliphatic heterocycles. The van der Waals surface area contributed by atoms with Crippen molar-refractivity contribution >= 4 is 28.7 Å². The quantitative estimate of drug-likeness (QED) is 0.598. The van der Waals surface area contributed by atoms with Gasteiger partial charge in [-0.2, -0.15) is 0 Å². The number of ether oxygens (including phenoxy) is 1. The number of benzene rings is 1. The van der Waals surface area contributed by atoms with Crippen LogP contribution in [-0.2, 0) is 20.9 Å². The molecule has 10 nitrogen and oxygen atoms in total. The number of nitrogens with two attached hydrogens (primary N) is 1. The van der Waals surface area contributed by atoms with Gasteiger partial charge in [-0.15, -0.1) is 0 Å². The molecule has 0 aliphatic carbocycles. The van der Waals surface area contributed by atoms with Crippen molar-refractivity contribution in [3.05, 3.63) is 45.0 Å². The SMILES string of the molecule is C[C@H](OC(=O)Cn1[nH]c(=O)c2ccccc2c1=O)C(=O)NC(N)=O. The number of fused-ring (bicyclic) bond motifs is 1. The summed E-state index contributed by atoms with van der Waals surface area (Å²) in [6, 6.07) is 5.04. The summed E-state index contributed by atoms with van der Waals surface area (Å²) in [6.07, 6.45) is -1.30. The van der Waals surface area contributed by atoms with Crippen molar-refractivity contribution in [2.75, 3.05) is 0 Å². The third-order valence-corrected chi connectivity index (χ3v) is 3.09. The molecule has 3 amide bonds. The lowest BCUT2D eigenvalue weighted by Gasteiger charge is -2.12. The van der Waals surface area contributed by atoms with Crippen molar-refractivity contribution in [1.82, 2.24) is 15.1 Å². The number of urea groups is 1. The van der Waals surface area contributed by atoms with Crippen molar-refractivity contribution < 1.29 is 19.1 Å². The average molecular weight is 334 g/mol. The van der Waals surface area contributed by atoms with Crippen LogP contribution in [0.3, 0.4) is 0 Å². The first kappa shape index (κ1) is 16.9. The predicted octanol–water partition coefficient (Wildman–Crippen LogP) is -1.18. The van der Waals surface area contributed by atoms with E-state index in [4.69, 9.17) is 10.5 Å². The van der Waals surface area contributed by atoms with Crippen LogP contribution in [0.15, 0.2) is 33.9 Å². The van der Waals surface area contributed by atoms with Gasteiger partial charge in [-0.3, -0.25) is 29.6 Å². The Kier molecular flexibility index (Phi) is 4.78. The monoisotopic (exact) mass is 334 g/mol. The minimum atomic E-state index is -1.30. The van der Waals surface area contributed by atoms with Crippen molar-refractivity contribution in [2.45, 2.75) is 19.6 Å². The lowest BCUT2D eigenvalue weighted by Crippen LogP contribution is -2.43. The number of primary amides is 1. The van der Waals surface area contributed by atoms with E-state index in [1.54, 1.807) is 17.4 Å². The maximum absolute atomic E-state index is 12.2. The molecule has 0 unspecified atom stereocenters. The van der Waals surface area contributed by atoms with Crippen LogP contribution in [0, 0.1) is 0 Å². The van der Waals surface area contributed by atoms with Crippen LogP contribution in [-0.4, -0.2) is 33.8 Å². The van der Waals surface area contributed by atoms with Crippen molar-refractivity contribution in [3.8, 4) is 0 Å². The fraction of sp³-hybridized carbons (Fsp3) is 0.214. The van der Waals surface area contributed by atoms with E-state index in [1.165, 1.54) is 19.1 Å². The number of carbonyl (C=O) groups excluding carboxylic acids is 3. The van der Waals surface area contributed by atoms with Gasteiger partial charge in [0.15, 0.2) is 6.10 Å². The number of rotatable bonds is 4. The minimum absolute atomic E-state index is 0.147. The van der Waals surface area contributed by atoms with Crippen LogP contribution >= 0.6 is 0 Å². The number of hydrogen-bond donors (Lipinski definition) is 3. The lowest BCUT2D eigenvalue weighted by atomic mass is 10.2. The van der Waals surface area contributed by atoms with Gasteiger partial charge >= 0.3 is 12.0 Å². The molecular formula is C14H14N4O6. The van der Waals surface area contributed by atoms with E-state index < -0.39 is 41.7 Å². The largest absolute Gasteiger partial charge is 0.451 e. The summed E-state index contributed by atoms with van der Waals surface area (Å²) in [7, 11) is 0. The van der Waals surface area contributed by atoms with Crippen molar-refractivity contribution in [2.24, 2.45) is 5.73 Å². The first-order valence-electron chi connectivity index (χ1n) is 6.81. The summed E-state index contributed by atoms with van der Waals surface area (Å²) in [5.41, 5.74) is 3.65. The molecular weight excluding hydrogens is 320 g/mol. The average Bonchev–Trinajstić information content (AvgIpc) is 2.51. The molecule has 126 valence electrons. The normalized spacial score (nSPS) is 11.7. The number of carbonyl (C=O) groups is 3. The second kappa shape index (κ2) is 6.77. The van der Waals surface area contributed by atoms with Crippen LogP contribution in [0.2, 0.25) is 0 Å². The summed E-state index contributed by atoms with van der Waals surface area (Å²) in [5, 5.41) is 4.35. The summed E-state index contributed by atoms with van der Waals surface area (Å²) >= 11 is 0. The maximum Gasteiger partial charge on any atom is 0.328 e. The lowest BCUT2D eigenvalue weighted by molar-refractivity contribution is -0.155. The summed E-state index contributed by atoms with van der Waals surface area (Å²) in [6.45, 7) is 0.620.